The highest BCUT2D eigenvalue weighted by Gasteiger charge is 2.35. The van der Waals surface area contributed by atoms with Crippen LogP contribution in [0.4, 0.5) is 0 Å². The number of ether oxygens (including phenoxy) is 1. The molecule has 0 unspecified atom stereocenters. The summed E-state index contributed by atoms with van der Waals surface area (Å²) in [7, 11) is 1.75. The molecule has 7 nitrogen and oxygen atoms in total. The number of nitrogens with one attached hydrogen (secondary N) is 2. The van der Waals surface area contributed by atoms with Crippen molar-refractivity contribution in [2.24, 2.45) is 0 Å². The number of hydrogen-bond acceptors (Lipinski definition) is 4. The van der Waals surface area contributed by atoms with Gasteiger partial charge in [-0.25, -0.2) is 4.68 Å². The highest BCUT2D eigenvalue weighted by atomic mass is 16.5. The summed E-state index contributed by atoms with van der Waals surface area (Å²) in [5, 5.41) is 12.7. The molecule has 1 aromatic carbocycles. The first-order valence-electron chi connectivity index (χ1n) is 10.5. The van der Waals surface area contributed by atoms with E-state index in [2.05, 4.69) is 61.4 Å². The van der Waals surface area contributed by atoms with Gasteiger partial charge >= 0.3 is 0 Å². The minimum atomic E-state index is -0.0960. The molecule has 1 fully saturated rings. The Morgan fingerprint density at radius 1 is 1.14 bits per heavy atom. The Morgan fingerprint density at radius 2 is 1.86 bits per heavy atom. The highest BCUT2D eigenvalue weighted by molar-refractivity contribution is 5.32. The predicted octanol–water partition coefficient (Wildman–Crippen LogP) is 0.262. The molecule has 154 valence electrons. The monoisotopic (exact) mass is 388 g/mol. The van der Waals surface area contributed by atoms with Crippen LogP contribution in [0.5, 0.6) is 5.75 Å². The Hall–Kier alpha value is -1.99. The molecule has 1 saturated heterocycles. The van der Waals surface area contributed by atoms with Gasteiger partial charge in [-0.2, -0.15) is 0 Å². The number of methoxy groups -OCH3 is 1. The van der Waals surface area contributed by atoms with Crippen LogP contribution in [0.15, 0.2) is 24.3 Å². The number of quaternary nitrogens is 2. The molecule has 2 aromatic rings. The summed E-state index contributed by atoms with van der Waals surface area (Å²) in [5.74, 6) is 2.04. The maximum absolute atomic E-state index is 5.53. The van der Waals surface area contributed by atoms with Crippen LogP contribution >= 0.6 is 0 Å². The number of tetrazole rings is 1. The van der Waals surface area contributed by atoms with Crippen molar-refractivity contribution in [2.45, 2.75) is 58.7 Å². The van der Waals surface area contributed by atoms with E-state index in [1.54, 1.807) is 16.9 Å². The number of piperazine rings is 1. The van der Waals surface area contributed by atoms with Crippen molar-refractivity contribution in [3.63, 3.8) is 0 Å². The Labute approximate surface area is 168 Å². The highest BCUT2D eigenvalue weighted by Crippen LogP contribution is 2.20. The first-order valence-corrected chi connectivity index (χ1v) is 10.5. The van der Waals surface area contributed by atoms with Crippen LogP contribution in [-0.2, 0) is 12.1 Å². The van der Waals surface area contributed by atoms with Crippen molar-refractivity contribution in [3.8, 4) is 5.75 Å². The lowest BCUT2D eigenvalue weighted by Crippen LogP contribution is -3.27. The molecule has 1 aliphatic rings. The number of aromatic nitrogens is 4. The molecule has 0 radical (unpaired) electrons. The maximum Gasteiger partial charge on any atom is 0.209 e. The van der Waals surface area contributed by atoms with E-state index in [-0.39, 0.29) is 5.54 Å². The average Bonchev–Trinajstić information content (AvgIpc) is 3.17. The number of nitrogens with zero attached hydrogens (tertiary/aromatic N) is 4. The molecular formula is C21H36N6O+2. The van der Waals surface area contributed by atoms with Crippen LogP contribution in [-0.4, -0.2) is 53.5 Å². The van der Waals surface area contributed by atoms with Crippen LogP contribution in [0.3, 0.4) is 0 Å². The van der Waals surface area contributed by atoms with Gasteiger partial charge in [0, 0.05) is 12.0 Å². The molecular weight excluding hydrogens is 352 g/mol. The van der Waals surface area contributed by atoms with E-state index < -0.39 is 0 Å². The van der Waals surface area contributed by atoms with Crippen molar-refractivity contribution in [2.75, 3.05) is 33.3 Å². The quantitative estimate of drug-likeness (QED) is 0.714. The standard InChI is InChI=1S/C21H34N6O/c1-6-9-18(20-22-23-24-27(20)21(2,3)4)26-14-12-25(13-15-26)16-17-10-7-8-11-19(17)28-5/h7-8,10-11,18H,6,9,12-16H2,1-5H3/p+2/t18-/m0/s1. The van der Waals surface area contributed by atoms with E-state index >= 15 is 0 Å². The summed E-state index contributed by atoms with van der Waals surface area (Å²) in [6.45, 7) is 14.4. The van der Waals surface area contributed by atoms with Crippen molar-refractivity contribution in [3.05, 3.63) is 35.7 Å². The zero-order valence-corrected chi connectivity index (χ0v) is 18.0. The fourth-order valence-corrected chi connectivity index (χ4v) is 4.26. The molecule has 28 heavy (non-hydrogen) atoms. The van der Waals surface area contributed by atoms with Gasteiger partial charge in [0.2, 0.25) is 5.82 Å². The molecule has 1 aromatic heterocycles. The van der Waals surface area contributed by atoms with Crippen LogP contribution < -0.4 is 14.5 Å². The topological polar surface area (TPSA) is 61.7 Å². The van der Waals surface area contributed by atoms with Gasteiger partial charge in [-0.1, -0.05) is 25.5 Å². The molecule has 0 amide bonds. The third-order valence-electron chi connectivity index (χ3n) is 5.74. The lowest BCUT2D eigenvalue weighted by Gasteiger charge is -2.35. The largest absolute Gasteiger partial charge is 0.496 e. The summed E-state index contributed by atoms with van der Waals surface area (Å²) >= 11 is 0. The van der Waals surface area contributed by atoms with Gasteiger partial charge in [0.1, 0.15) is 44.5 Å². The van der Waals surface area contributed by atoms with Crippen molar-refractivity contribution in [1.82, 2.24) is 20.2 Å². The molecule has 3 rings (SSSR count). The minimum Gasteiger partial charge on any atom is -0.496 e. The van der Waals surface area contributed by atoms with Gasteiger partial charge in [-0.15, -0.1) is 5.10 Å². The molecule has 0 saturated carbocycles. The van der Waals surface area contributed by atoms with E-state index in [1.165, 1.54) is 5.56 Å². The summed E-state index contributed by atoms with van der Waals surface area (Å²) in [5.41, 5.74) is 1.20. The van der Waals surface area contributed by atoms with Crippen LogP contribution in [0.2, 0.25) is 0 Å². The van der Waals surface area contributed by atoms with Gasteiger partial charge in [-0.3, -0.25) is 0 Å². The zero-order valence-electron chi connectivity index (χ0n) is 18.0. The minimum absolute atomic E-state index is 0.0960. The SMILES string of the molecule is CCC[C@@H](c1nnnn1C(C)(C)C)[NH+]1CC[NH+](Cc2ccccc2OC)CC1. The number of rotatable bonds is 7. The third-order valence-corrected chi connectivity index (χ3v) is 5.74. The van der Waals surface area contributed by atoms with E-state index in [9.17, 15) is 0 Å². The van der Waals surface area contributed by atoms with Gasteiger partial charge in [0.05, 0.1) is 12.6 Å². The predicted molar refractivity (Wildman–Crippen MR) is 109 cm³/mol. The average molecular weight is 389 g/mol. The Bertz CT molecular complexity index is 745. The second-order valence-electron chi connectivity index (χ2n) is 8.86. The number of benzene rings is 1. The molecule has 0 spiro atoms. The lowest BCUT2D eigenvalue weighted by molar-refractivity contribution is -1.03. The summed E-state index contributed by atoms with van der Waals surface area (Å²) in [6, 6.07) is 8.74. The van der Waals surface area contributed by atoms with E-state index in [1.807, 2.05) is 10.7 Å². The lowest BCUT2D eigenvalue weighted by atomic mass is 10.0. The normalized spacial score (nSPS) is 21.5. The second-order valence-corrected chi connectivity index (χ2v) is 8.86. The molecule has 2 heterocycles. The van der Waals surface area contributed by atoms with E-state index in [0.717, 1.165) is 57.1 Å². The Balaban J connectivity index is 1.67. The maximum atomic E-state index is 5.53. The van der Waals surface area contributed by atoms with Crippen molar-refractivity contribution in [1.29, 1.82) is 0 Å². The molecule has 0 bridgehead atoms. The van der Waals surface area contributed by atoms with Crippen LogP contribution in [0, 0.1) is 0 Å². The summed E-state index contributed by atoms with van der Waals surface area (Å²) in [4.78, 5) is 3.24. The Morgan fingerprint density at radius 3 is 2.50 bits per heavy atom. The van der Waals surface area contributed by atoms with Crippen LogP contribution in [0.1, 0.15) is 58.0 Å². The fraction of sp³-hybridized carbons (Fsp3) is 0.667. The van der Waals surface area contributed by atoms with Crippen molar-refractivity contribution >= 4 is 0 Å². The number of hydrogen-bond donors (Lipinski definition) is 2. The molecule has 1 atom stereocenters. The van der Waals surface area contributed by atoms with E-state index in [4.69, 9.17) is 4.74 Å². The van der Waals surface area contributed by atoms with E-state index in [0.29, 0.717) is 6.04 Å². The fourth-order valence-electron chi connectivity index (χ4n) is 4.26. The second kappa shape index (κ2) is 9.01. The first kappa shape index (κ1) is 20.7. The van der Waals surface area contributed by atoms with Gasteiger partial charge in [0.15, 0.2) is 0 Å². The first-order chi connectivity index (χ1) is 13.4. The summed E-state index contributed by atoms with van der Waals surface area (Å²) < 4.78 is 7.55. The molecule has 2 N–H and O–H groups in total. The van der Waals surface area contributed by atoms with Crippen molar-refractivity contribution < 1.29 is 14.5 Å². The smallest absolute Gasteiger partial charge is 0.209 e. The molecule has 7 heteroatoms. The zero-order chi connectivity index (χ0) is 20.1. The Kier molecular flexibility index (Phi) is 6.67. The van der Waals surface area contributed by atoms with Gasteiger partial charge < -0.3 is 14.5 Å². The van der Waals surface area contributed by atoms with Crippen LogP contribution in [0.25, 0.3) is 0 Å². The summed E-state index contributed by atoms with van der Waals surface area (Å²) in [6.07, 6.45) is 2.26. The third kappa shape index (κ3) is 4.70. The molecule has 0 aliphatic carbocycles. The van der Waals surface area contributed by atoms with Gasteiger partial charge in [0.25, 0.3) is 0 Å². The van der Waals surface area contributed by atoms with Gasteiger partial charge in [-0.05, 0) is 43.3 Å². The molecule has 1 aliphatic heterocycles. The number of para-hydroxylation sites is 1.